The molecule has 21 heavy (non-hydrogen) atoms. The number of halogens is 2. The van der Waals surface area contributed by atoms with E-state index >= 15 is 0 Å². The van der Waals surface area contributed by atoms with E-state index in [2.05, 4.69) is 10.6 Å². The van der Waals surface area contributed by atoms with Crippen molar-refractivity contribution >= 4 is 40.9 Å². The number of carbonyl (C=O) groups excluding carboxylic acids is 1. The number of benzene rings is 1. The van der Waals surface area contributed by atoms with Crippen LogP contribution < -0.4 is 10.6 Å². The summed E-state index contributed by atoms with van der Waals surface area (Å²) >= 11 is 11.9. The van der Waals surface area contributed by atoms with E-state index in [4.69, 9.17) is 33.0 Å². The highest BCUT2D eigenvalue weighted by atomic mass is 35.5. The van der Waals surface area contributed by atoms with Gasteiger partial charge in [-0.05, 0) is 25.0 Å². The number of nitrogens with one attached hydrogen (secondary N) is 2. The molecule has 1 saturated heterocycles. The fourth-order valence-electron chi connectivity index (χ4n) is 2.01. The lowest BCUT2D eigenvalue weighted by Gasteiger charge is -2.23. The van der Waals surface area contributed by atoms with Gasteiger partial charge in [-0.15, -0.1) is 0 Å². The molecule has 0 aromatic heterocycles. The van der Waals surface area contributed by atoms with Crippen LogP contribution in [-0.2, 0) is 4.74 Å². The van der Waals surface area contributed by atoms with Gasteiger partial charge in [0.15, 0.2) is 0 Å². The first-order valence-electron chi connectivity index (χ1n) is 6.35. The van der Waals surface area contributed by atoms with Gasteiger partial charge in [-0.25, -0.2) is 9.59 Å². The topological polar surface area (TPSA) is 87.7 Å². The number of carboxylic acids is 1. The van der Waals surface area contributed by atoms with E-state index in [1.807, 2.05) is 0 Å². The lowest BCUT2D eigenvalue weighted by molar-refractivity contribution is 0.0697. The Morgan fingerprint density at radius 2 is 1.95 bits per heavy atom. The SMILES string of the molecule is O=C(Nc1c(Cl)cc(C(=O)O)cc1Cl)NC1CCCOC1. The van der Waals surface area contributed by atoms with Crippen LogP contribution in [0.2, 0.25) is 10.0 Å². The number of rotatable bonds is 3. The Morgan fingerprint density at radius 1 is 1.29 bits per heavy atom. The van der Waals surface area contributed by atoms with Crippen LogP contribution in [0.1, 0.15) is 23.2 Å². The molecule has 1 aromatic carbocycles. The van der Waals surface area contributed by atoms with E-state index in [9.17, 15) is 9.59 Å². The van der Waals surface area contributed by atoms with Gasteiger partial charge >= 0.3 is 12.0 Å². The maximum Gasteiger partial charge on any atom is 0.335 e. The molecule has 1 fully saturated rings. The quantitative estimate of drug-likeness (QED) is 0.793. The van der Waals surface area contributed by atoms with Crippen molar-refractivity contribution < 1.29 is 19.4 Å². The molecule has 0 bridgehead atoms. The maximum atomic E-state index is 11.9. The third-order valence-electron chi connectivity index (χ3n) is 3.02. The van der Waals surface area contributed by atoms with Crippen molar-refractivity contribution in [1.82, 2.24) is 5.32 Å². The minimum atomic E-state index is -1.14. The van der Waals surface area contributed by atoms with Crippen LogP contribution >= 0.6 is 23.2 Å². The largest absolute Gasteiger partial charge is 0.478 e. The summed E-state index contributed by atoms with van der Waals surface area (Å²) in [6.45, 7) is 1.17. The van der Waals surface area contributed by atoms with Crippen molar-refractivity contribution in [3.05, 3.63) is 27.7 Å². The molecule has 0 spiro atoms. The van der Waals surface area contributed by atoms with Gasteiger partial charge in [0.1, 0.15) is 0 Å². The number of carboxylic acid groups (broad SMARTS) is 1. The Morgan fingerprint density at radius 3 is 2.48 bits per heavy atom. The van der Waals surface area contributed by atoms with E-state index < -0.39 is 12.0 Å². The molecule has 1 aliphatic rings. The summed E-state index contributed by atoms with van der Waals surface area (Å²) in [4.78, 5) is 22.8. The van der Waals surface area contributed by atoms with E-state index in [1.165, 1.54) is 12.1 Å². The first kappa shape index (κ1) is 15.9. The molecule has 0 radical (unpaired) electrons. The molecular formula is C13H14Cl2N2O4. The molecule has 0 aliphatic carbocycles. The van der Waals surface area contributed by atoms with Gasteiger partial charge in [0.25, 0.3) is 0 Å². The molecule has 1 atom stereocenters. The first-order valence-corrected chi connectivity index (χ1v) is 7.10. The Kier molecular flexibility index (Phi) is 5.27. The van der Waals surface area contributed by atoms with Crippen molar-refractivity contribution in [3.63, 3.8) is 0 Å². The highest BCUT2D eigenvalue weighted by Gasteiger charge is 2.18. The molecule has 2 amide bonds. The van der Waals surface area contributed by atoms with Gasteiger partial charge in [-0.3, -0.25) is 0 Å². The molecule has 114 valence electrons. The third kappa shape index (κ3) is 4.23. The zero-order valence-corrected chi connectivity index (χ0v) is 12.5. The number of hydrogen-bond acceptors (Lipinski definition) is 3. The van der Waals surface area contributed by atoms with Gasteiger partial charge in [0, 0.05) is 6.61 Å². The molecule has 1 aromatic rings. The number of anilines is 1. The van der Waals surface area contributed by atoms with Crippen LogP contribution in [0.25, 0.3) is 0 Å². The van der Waals surface area contributed by atoms with Crippen LogP contribution in [0.15, 0.2) is 12.1 Å². The summed E-state index contributed by atoms with van der Waals surface area (Å²) in [6, 6.07) is 1.94. The second-order valence-corrected chi connectivity index (χ2v) is 5.45. The van der Waals surface area contributed by atoms with Crippen molar-refractivity contribution in [1.29, 1.82) is 0 Å². The predicted octanol–water partition coefficient (Wildman–Crippen LogP) is 2.99. The average molecular weight is 333 g/mol. The molecule has 3 N–H and O–H groups in total. The Hall–Kier alpha value is -1.50. The molecule has 1 unspecified atom stereocenters. The molecule has 6 nitrogen and oxygen atoms in total. The van der Waals surface area contributed by atoms with Gasteiger partial charge in [-0.1, -0.05) is 23.2 Å². The fourth-order valence-corrected chi connectivity index (χ4v) is 2.59. The van der Waals surface area contributed by atoms with E-state index in [0.29, 0.717) is 13.2 Å². The van der Waals surface area contributed by atoms with E-state index in [-0.39, 0.29) is 27.3 Å². The lowest BCUT2D eigenvalue weighted by Crippen LogP contribution is -2.42. The molecular weight excluding hydrogens is 319 g/mol. The van der Waals surface area contributed by atoms with E-state index in [1.54, 1.807) is 0 Å². The molecule has 2 rings (SSSR count). The van der Waals surface area contributed by atoms with Crippen molar-refractivity contribution in [3.8, 4) is 0 Å². The second-order valence-electron chi connectivity index (χ2n) is 4.63. The number of amides is 2. The highest BCUT2D eigenvalue weighted by molar-refractivity contribution is 6.40. The van der Waals surface area contributed by atoms with Crippen LogP contribution in [0.5, 0.6) is 0 Å². The zero-order chi connectivity index (χ0) is 15.4. The Labute approximate surface area is 131 Å². The fraction of sp³-hybridized carbons (Fsp3) is 0.385. The monoisotopic (exact) mass is 332 g/mol. The third-order valence-corrected chi connectivity index (χ3v) is 3.62. The standard InChI is InChI=1S/C13H14Cl2N2O4/c14-9-4-7(12(18)19)5-10(15)11(9)17-13(20)16-8-2-1-3-21-6-8/h4-5,8H,1-3,6H2,(H,18,19)(H2,16,17,20). The first-order chi connectivity index (χ1) is 9.97. The summed E-state index contributed by atoms with van der Waals surface area (Å²) in [7, 11) is 0. The van der Waals surface area contributed by atoms with Gasteiger partial charge in [-0.2, -0.15) is 0 Å². The number of urea groups is 1. The smallest absolute Gasteiger partial charge is 0.335 e. The van der Waals surface area contributed by atoms with Gasteiger partial charge in [0.2, 0.25) is 0 Å². The molecule has 1 aliphatic heterocycles. The van der Waals surface area contributed by atoms with Gasteiger partial charge < -0.3 is 20.5 Å². The molecule has 0 saturated carbocycles. The number of carbonyl (C=O) groups is 2. The summed E-state index contributed by atoms with van der Waals surface area (Å²) < 4.78 is 5.26. The van der Waals surface area contributed by atoms with Crippen LogP contribution in [0.4, 0.5) is 10.5 Å². The number of hydrogen-bond donors (Lipinski definition) is 3. The minimum Gasteiger partial charge on any atom is -0.478 e. The molecule has 1 heterocycles. The Bertz CT molecular complexity index is 536. The van der Waals surface area contributed by atoms with Crippen LogP contribution in [-0.4, -0.2) is 36.4 Å². The predicted molar refractivity (Wildman–Crippen MR) is 79.4 cm³/mol. The zero-order valence-electron chi connectivity index (χ0n) is 11.0. The number of aromatic carboxylic acids is 1. The normalized spacial score (nSPS) is 18.1. The second kappa shape index (κ2) is 6.98. The minimum absolute atomic E-state index is 0.0448. The van der Waals surface area contributed by atoms with Crippen LogP contribution in [0.3, 0.4) is 0 Å². The van der Waals surface area contributed by atoms with Crippen molar-refractivity contribution in [2.24, 2.45) is 0 Å². The molecule has 8 heteroatoms. The summed E-state index contributed by atoms with van der Waals surface area (Å²) in [6.07, 6.45) is 1.73. The highest BCUT2D eigenvalue weighted by Crippen LogP contribution is 2.31. The summed E-state index contributed by atoms with van der Waals surface area (Å²) in [5, 5.41) is 14.3. The van der Waals surface area contributed by atoms with E-state index in [0.717, 1.165) is 12.8 Å². The lowest BCUT2D eigenvalue weighted by atomic mass is 10.1. The van der Waals surface area contributed by atoms with Gasteiger partial charge in [0.05, 0.1) is 33.9 Å². The van der Waals surface area contributed by atoms with Crippen LogP contribution in [0, 0.1) is 0 Å². The summed E-state index contributed by atoms with van der Waals surface area (Å²) in [5.41, 5.74) is 0.134. The average Bonchev–Trinajstić information content (AvgIpc) is 2.43. The Balaban J connectivity index is 2.04. The van der Waals surface area contributed by atoms with Crippen molar-refractivity contribution in [2.75, 3.05) is 18.5 Å². The van der Waals surface area contributed by atoms with Crippen molar-refractivity contribution in [2.45, 2.75) is 18.9 Å². The summed E-state index contributed by atoms with van der Waals surface area (Å²) in [5.74, 6) is -1.14. The maximum absolute atomic E-state index is 11.9. The number of ether oxygens (including phenoxy) is 1.